The maximum Gasteiger partial charge on any atom is 0.150 e. The van der Waals surface area contributed by atoms with E-state index in [0.717, 1.165) is 17.4 Å². The largest absolute Gasteiger partial charge is 0.298 e. The van der Waals surface area contributed by atoms with Crippen LogP contribution in [0.5, 0.6) is 0 Å². The van der Waals surface area contributed by atoms with Crippen LogP contribution in [0.1, 0.15) is 31.1 Å². The third kappa shape index (κ3) is 2.25. The summed E-state index contributed by atoms with van der Waals surface area (Å²) in [6.07, 6.45) is 1.04. The Labute approximate surface area is 117 Å². The lowest BCUT2D eigenvalue weighted by Crippen LogP contribution is -2.50. The van der Waals surface area contributed by atoms with E-state index >= 15 is 0 Å². The molecule has 19 heavy (non-hydrogen) atoms. The lowest BCUT2D eigenvalue weighted by Gasteiger charge is -2.37. The number of carbonyl (C=O) groups is 1. The van der Waals surface area contributed by atoms with Crippen LogP contribution >= 0.6 is 0 Å². The maximum atomic E-state index is 11.6. The summed E-state index contributed by atoms with van der Waals surface area (Å²) in [5.41, 5.74) is 3.16. The van der Waals surface area contributed by atoms with Gasteiger partial charge in [-0.1, -0.05) is 70.3 Å². The molecule has 0 aliphatic heterocycles. The summed E-state index contributed by atoms with van der Waals surface area (Å²) in [4.78, 5) is 11.6. The second-order valence-corrected chi connectivity index (χ2v) is 12.0. The molecular weight excluding hydrogens is 248 g/mol. The highest BCUT2D eigenvalue weighted by atomic mass is 28.3. The molecule has 0 saturated heterocycles. The van der Waals surface area contributed by atoms with Crippen molar-refractivity contribution >= 4 is 19.5 Å². The minimum Gasteiger partial charge on any atom is -0.298 e. The first-order valence-corrected chi connectivity index (χ1v) is 9.76. The number of carbonyl (C=O) groups excluding carboxylic acids is 1. The van der Waals surface area contributed by atoms with Crippen molar-refractivity contribution in [2.75, 3.05) is 0 Å². The molecule has 2 aliphatic carbocycles. The van der Waals surface area contributed by atoms with E-state index in [4.69, 9.17) is 0 Å². The van der Waals surface area contributed by atoms with Crippen molar-refractivity contribution in [3.8, 4) is 11.1 Å². The van der Waals surface area contributed by atoms with Gasteiger partial charge in [-0.2, -0.15) is 0 Å². The molecule has 0 spiro atoms. The zero-order valence-electron chi connectivity index (χ0n) is 12.4. The van der Waals surface area contributed by atoms with Crippen LogP contribution in [0.25, 0.3) is 11.1 Å². The summed E-state index contributed by atoms with van der Waals surface area (Å²) in [6, 6.07) is 12.4. The molecule has 0 aromatic rings. The van der Waals surface area contributed by atoms with Gasteiger partial charge in [0.25, 0.3) is 0 Å². The predicted octanol–water partition coefficient (Wildman–Crippen LogP) is 4.32. The molecule has 0 bridgehead atoms. The van der Waals surface area contributed by atoms with Gasteiger partial charge in [-0.05, 0) is 21.4 Å². The van der Waals surface area contributed by atoms with E-state index in [1.165, 1.54) is 10.8 Å². The standard InChI is InChI=1S/C17H22OSi/c1-17(2,3)19(4,5)16-11-13-9-7-6-8-10-14(13)15(16)12-18/h6-12H,1-5H3. The van der Waals surface area contributed by atoms with Crippen molar-refractivity contribution in [1.29, 1.82) is 0 Å². The van der Waals surface area contributed by atoms with E-state index in [-0.39, 0.29) is 5.04 Å². The Morgan fingerprint density at radius 2 is 1.68 bits per heavy atom. The normalized spacial score (nSPS) is 12.7. The molecule has 0 heterocycles. The molecule has 0 saturated carbocycles. The zero-order valence-corrected chi connectivity index (χ0v) is 13.4. The molecule has 0 aromatic carbocycles. The molecule has 0 fully saturated rings. The van der Waals surface area contributed by atoms with Crippen molar-refractivity contribution in [2.45, 2.75) is 38.9 Å². The van der Waals surface area contributed by atoms with Crippen LogP contribution in [-0.4, -0.2) is 14.4 Å². The Morgan fingerprint density at radius 3 is 2.26 bits per heavy atom. The van der Waals surface area contributed by atoms with E-state index < -0.39 is 8.07 Å². The Hall–Kier alpha value is -1.41. The van der Waals surface area contributed by atoms with Gasteiger partial charge in [0.05, 0.1) is 8.07 Å². The quantitative estimate of drug-likeness (QED) is 0.587. The van der Waals surface area contributed by atoms with E-state index in [9.17, 15) is 4.79 Å². The van der Waals surface area contributed by atoms with Crippen LogP contribution in [0.4, 0.5) is 0 Å². The minimum absolute atomic E-state index is 0.233. The fourth-order valence-electron chi connectivity index (χ4n) is 2.36. The van der Waals surface area contributed by atoms with Gasteiger partial charge in [0, 0.05) is 5.56 Å². The molecule has 1 nitrogen and oxygen atoms in total. The first-order chi connectivity index (χ1) is 8.79. The van der Waals surface area contributed by atoms with Gasteiger partial charge < -0.3 is 0 Å². The van der Waals surface area contributed by atoms with Crippen LogP contribution in [0, 0.1) is 0 Å². The molecule has 2 heteroatoms. The fourth-order valence-corrected chi connectivity index (χ4v) is 4.55. The van der Waals surface area contributed by atoms with Gasteiger partial charge >= 0.3 is 0 Å². The van der Waals surface area contributed by atoms with Gasteiger partial charge in [0.15, 0.2) is 6.29 Å². The monoisotopic (exact) mass is 270 g/mol. The average molecular weight is 270 g/mol. The predicted molar refractivity (Wildman–Crippen MR) is 85.3 cm³/mol. The van der Waals surface area contributed by atoms with Crippen LogP contribution in [0.15, 0.2) is 36.4 Å². The number of hydrogen-bond donors (Lipinski definition) is 0. The highest BCUT2D eigenvalue weighted by Crippen LogP contribution is 2.38. The Morgan fingerprint density at radius 1 is 1.05 bits per heavy atom. The third-order valence-electron chi connectivity index (χ3n) is 4.62. The third-order valence-corrected chi connectivity index (χ3v) is 10.1. The van der Waals surface area contributed by atoms with Crippen LogP contribution < -0.4 is 5.19 Å². The molecule has 0 radical (unpaired) electrons. The SMILES string of the molecule is CC(C)(C)[Si](C)(C)c1cc2cccccc-2c1C=O. The first-order valence-electron chi connectivity index (χ1n) is 6.76. The number of rotatable bonds is 2. The second kappa shape index (κ2) is 4.60. The van der Waals surface area contributed by atoms with Crippen LogP contribution in [-0.2, 0) is 0 Å². The van der Waals surface area contributed by atoms with Crippen LogP contribution in [0.3, 0.4) is 0 Å². The van der Waals surface area contributed by atoms with E-state index in [0.29, 0.717) is 0 Å². The summed E-state index contributed by atoms with van der Waals surface area (Å²) < 4.78 is 0. The summed E-state index contributed by atoms with van der Waals surface area (Å²) in [5, 5.41) is 1.52. The van der Waals surface area contributed by atoms with Gasteiger partial charge in [-0.3, -0.25) is 4.79 Å². The lowest BCUT2D eigenvalue weighted by atomic mass is 10.1. The molecule has 0 N–H and O–H groups in total. The summed E-state index contributed by atoms with van der Waals surface area (Å²) in [6.45, 7) is 11.6. The van der Waals surface area contributed by atoms with E-state index in [2.05, 4.69) is 52.1 Å². The van der Waals surface area contributed by atoms with Crippen molar-refractivity contribution in [3.63, 3.8) is 0 Å². The molecule has 0 unspecified atom stereocenters. The van der Waals surface area contributed by atoms with Crippen molar-refractivity contribution in [2.24, 2.45) is 0 Å². The summed E-state index contributed by atoms with van der Waals surface area (Å²) >= 11 is 0. The Balaban J connectivity index is 2.75. The highest BCUT2D eigenvalue weighted by Gasteiger charge is 2.39. The smallest absolute Gasteiger partial charge is 0.150 e. The minimum atomic E-state index is -1.69. The molecule has 0 atom stereocenters. The fraction of sp³-hybridized carbons (Fsp3) is 0.353. The highest BCUT2D eigenvalue weighted by molar-refractivity contribution is 6.93. The van der Waals surface area contributed by atoms with Gasteiger partial charge in [0.1, 0.15) is 0 Å². The topological polar surface area (TPSA) is 17.1 Å². The average Bonchev–Trinajstić information content (AvgIpc) is 2.50. The van der Waals surface area contributed by atoms with Crippen molar-refractivity contribution in [3.05, 3.63) is 42.0 Å². The molecule has 0 aromatic heterocycles. The van der Waals surface area contributed by atoms with E-state index in [1.54, 1.807) is 0 Å². The number of fused-ring (bicyclic) bond motifs is 1. The molecule has 2 aliphatic rings. The Bertz CT molecular complexity index is 578. The van der Waals surface area contributed by atoms with Gasteiger partial charge in [0.2, 0.25) is 0 Å². The molecular formula is C17H22OSi. The van der Waals surface area contributed by atoms with Crippen LogP contribution in [0.2, 0.25) is 18.1 Å². The molecule has 0 amide bonds. The number of hydrogen-bond acceptors (Lipinski definition) is 1. The first kappa shape index (κ1) is 14.0. The van der Waals surface area contributed by atoms with E-state index in [1.807, 2.05) is 18.2 Å². The Kier molecular flexibility index (Phi) is 3.39. The van der Waals surface area contributed by atoms with Crippen molar-refractivity contribution < 1.29 is 4.79 Å². The van der Waals surface area contributed by atoms with Gasteiger partial charge in [-0.25, -0.2) is 0 Å². The summed E-state index contributed by atoms with van der Waals surface area (Å²) in [5.74, 6) is 0. The molecule has 2 rings (SSSR count). The maximum absolute atomic E-state index is 11.6. The lowest BCUT2D eigenvalue weighted by molar-refractivity contribution is 0.112. The van der Waals surface area contributed by atoms with Gasteiger partial charge in [-0.15, -0.1) is 0 Å². The second-order valence-electron chi connectivity index (χ2n) is 6.74. The van der Waals surface area contributed by atoms with Crippen molar-refractivity contribution in [1.82, 2.24) is 0 Å². The number of aldehydes is 1. The zero-order chi connectivity index (χ0) is 14.3. The molecule has 100 valence electrons. The summed E-state index contributed by atoms with van der Waals surface area (Å²) in [7, 11) is -1.69.